The molecule has 0 atom stereocenters. The summed E-state index contributed by atoms with van der Waals surface area (Å²) in [5.74, 6) is -0.421. The first-order valence-corrected chi connectivity index (χ1v) is 5.94. The summed E-state index contributed by atoms with van der Waals surface area (Å²) in [6.45, 7) is 3.75. The first kappa shape index (κ1) is 11.6. The molecule has 2 heterocycles. The van der Waals surface area contributed by atoms with Crippen LogP contribution in [0.1, 0.15) is 11.4 Å². The number of fused-ring (bicyclic) bond motifs is 1. The van der Waals surface area contributed by atoms with Gasteiger partial charge in [-0.1, -0.05) is 0 Å². The Morgan fingerprint density at radius 1 is 1.26 bits per heavy atom. The summed E-state index contributed by atoms with van der Waals surface area (Å²) in [7, 11) is 0. The van der Waals surface area contributed by atoms with Crippen molar-refractivity contribution in [2.75, 3.05) is 5.73 Å². The molecule has 19 heavy (non-hydrogen) atoms. The molecule has 0 radical (unpaired) electrons. The smallest absolute Gasteiger partial charge is 0.153 e. The molecule has 0 aliphatic carbocycles. The maximum Gasteiger partial charge on any atom is 0.153 e. The average Bonchev–Trinajstić information content (AvgIpc) is 2.69. The lowest BCUT2D eigenvalue weighted by Gasteiger charge is -2.11. The zero-order valence-electron chi connectivity index (χ0n) is 10.7. The van der Waals surface area contributed by atoms with Crippen molar-refractivity contribution in [3.8, 4) is 5.69 Å². The molecular weight excluding hydrogens is 243 g/mol. The number of aryl methyl sites for hydroxylation is 2. The number of nitrogens with two attached hydrogens (primary N) is 1. The molecule has 0 amide bonds. The molecule has 0 aliphatic heterocycles. The highest BCUT2D eigenvalue weighted by molar-refractivity contribution is 5.95. The summed E-state index contributed by atoms with van der Waals surface area (Å²) in [4.78, 5) is 4.25. The van der Waals surface area contributed by atoms with Gasteiger partial charge in [-0.2, -0.15) is 5.10 Å². The van der Waals surface area contributed by atoms with E-state index in [1.54, 1.807) is 16.9 Å². The van der Waals surface area contributed by atoms with E-state index in [0.717, 1.165) is 16.8 Å². The van der Waals surface area contributed by atoms with Gasteiger partial charge in [0.05, 0.1) is 5.69 Å². The third kappa shape index (κ3) is 1.74. The number of benzene rings is 1. The number of halogens is 1. The topological polar surface area (TPSA) is 56.7 Å². The first-order chi connectivity index (χ1) is 9.08. The minimum absolute atomic E-state index is 0.343. The Bertz CT molecular complexity index is 776. The first-order valence-electron chi connectivity index (χ1n) is 5.94. The lowest BCUT2D eigenvalue weighted by Crippen LogP contribution is -2.05. The van der Waals surface area contributed by atoms with Crippen LogP contribution in [0.25, 0.3) is 16.6 Å². The van der Waals surface area contributed by atoms with E-state index in [9.17, 15) is 4.39 Å². The largest absolute Gasteiger partial charge is 0.398 e. The lowest BCUT2D eigenvalue weighted by atomic mass is 10.1. The van der Waals surface area contributed by atoms with Gasteiger partial charge in [0.15, 0.2) is 5.82 Å². The number of nitrogens with zero attached hydrogens (tertiary/aromatic N) is 3. The van der Waals surface area contributed by atoms with Gasteiger partial charge in [-0.3, -0.25) is 4.98 Å². The number of hydrogen-bond donors (Lipinski definition) is 1. The normalized spacial score (nSPS) is 11.1. The standard InChI is InChI=1S/C14H13FN4/c1-8-6-9(2)19(18-8)14-11(15)7-12(16)10-4-3-5-17-13(10)14/h3-7H,16H2,1-2H3. The van der Waals surface area contributed by atoms with Crippen LogP contribution in [0.2, 0.25) is 0 Å². The molecule has 0 bridgehead atoms. The van der Waals surface area contributed by atoms with Crippen LogP contribution in [0.5, 0.6) is 0 Å². The Hall–Kier alpha value is -2.43. The zero-order valence-corrected chi connectivity index (χ0v) is 10.7. The van der Waals surface area contributed by atoms with Crippen molar-refractivity contribution < 1.29 is 4.39 Å². The van der Waals surface area contributed by atoms with Gasteiger partial charge in [-0.15, -0.1) is 0 Å². The molecule has 0 aliphatic rings. The maximum atomic E-state index is 14.3. The highest BCUT2D eigenvalue weighted by Gasteiger charge is 2.16. The molecule has 5 heteroatoms. The number of anilines is 1. The third-order valence-corrected chi connectivity index (χ3v) is 3.07. The monoisotopic (exact) mass is 256 g/mol. The SMILES string of the molecule is Cc1cc(C)n(-c2c(F)cc(N)c3cccnc23)n1. The van der Waals surface area contributed by atoms with Gasteiger partial charge in [-0.25, -0.2) is 9.07 Å². The van der Waals surface area contributed by atoms with Crippen molar-refractivity contribution in [2.24, 2.45) is 0 Å². The van der Waals surface area contributed by atoms with Gasteiger partial charge in [0.1, 0.15) is 11.2 Å². The van der Waals surface area contributed by atoms with Crippen molar-refractivity contribution in [1.82, 2.24) is 14.8 Å². The molecule has 3 rings (SSSR count). The molecule has 0 spiro atoms. The molecule has 0 saturated heterocycles. The molecular formula is C14H13FN4. The van der Waals surface area contributed by atoms with Crippen molar-refractivity contribution >= 4 is 16.6 Å². The Labute approximate surface area is 109 Å². The minimum Gasteiger partial charge on any atom is -0.398 e. The fraction of sp³-hybridized carbons (Fsp3) is 0.143. The van der Waals surface area contributed by atoms with Gasteiger partial charge in [0.25, 0.3) is 0 Å². The van der Waals surface area contributed by atoms with Crippen molar-refractivity contribution in [1.29, 1.82) is 0 Å². The van der Waals surface area contributed by atoms with Gasteiger partial charge in [0, 0.05) is 23.0 Å². The van der Waals surface area contributed by atoms with Crippen LogP contribution < -0.4 is 5.73 Å². The van der Waals surface area contributed by atoms with E-state index in [1.165, 1.54) is 6.07 Å². The van der Waals surface area contributed by atoms with Gasteiger partial charge < -0.3 is 5.73 Å². The Morgan fingerprint density at radius 2 is 2.05 bits per heavy atom. The summed E-state index contributed by atoms with van der Waals surface area (Å²) >= 11 is 0. The van der Waals surface area contributed by atoms with Crippen LogP contribution in [0.15, 0.2) is 30.5 Å². The van der Waals surface area contributed by atoms with Crippen LogP contribution in [-0.4, -0.2) is 14.8 Å². The van der Waals surface area contributed by atoms with Crippen LogP contribution in [-0.2, 0) is 0 Å². The molecule has 0 unspecified atom stereocenters. The summed E-state index contributed by atoms with van der Waals surface area (Å²) in [6, 6.07) is 6.81. The minimum atomic E-state index is -0.421. The van der Waals surface area contributed by atoms with Crippen molar-refractivity contribution in [3.05, 3.63) is 47.7 Å². The number of aromatic nitrogens is 3. The zero-order chi connectivity index (χ0) is 13.6. The fourth-order valence-corrected chi connectivity index (χ4v) is 2.28. The number of nitrogen functional groups attached to an aromatic ring is 1. The summed E-state index contributed by atoms with van der Waals surface area (Å²) in [5, 5.41) is 5.05. The molecule has 2 aromatic heterocycles. The van der Waals surface area contributed by atoms with E-state index in [4.69, 9.17) is 5.73 Å². The molecule has 2 N–H and O–H groups in total. The Kier molecular flexibility index (Phi) is 2.48. The Morgan fingerprint density at radius 3 is 2.74 bits per heavy atom. The highest BCUT2D eigenvalue weighted by Crippen LogP contribution is 2.28. The molecule has 96 valence electrons. The van der Waals surface area contributed by atoms with Crippen molar-refractivity contribution in [3.63, 3.8) is 0 Å². The number of rotatable bonds is 1. The third-order valence-electron chi connectivity index (χ3n) is 3.07. The number of pyridine rings is 1. The van der Waals surface area contributed by atoms with Crippen molar-refractivity contribution in [2.45, 2.75) is 13.8 Å². The van der Waals surface area contributed by atoms with E-state index in [1.807, 2.05) is 26.0 Å². The second kappa shape index (κ2) is 4.05. The van der Waals surface area contributed by atoms with E-state index in [0.29, 0.717) is 16.9 Å². The Balaban J connectivity index is 2.44. The average molecular weight is 256 g/mol. The molecule has 1 aromatic carbocycles. The maximum absolute atomic E-state index is 14.3. The van der Waals surface area contributed by atoms with Gasteiger partial charge >= 0.3 is 0 Å². The van der Waals surface area contributed by atoms with Crippen LogP contribution >= 0.6 is 0 Å². The number of hydrogen-bond acceptors (Lipinski definition) is 3. The molecule has 0 fully saturated rings. The summed E-state index contributed by atoms with van der Waals surface area (Å²) < 4.78 is 15.8. The molecule has 3 aromatic rings. The van der Waals surface area contributed by atoms with E-state index in [2.05, 4.69) is 10.1 Å². The fourth-order valence-electron chi connectivity index (χ4n) is 2.28. The molecule has 4 nitrogen and oxygen atoms in total. The van der Waals surface area contributed by atoms with Crippen LogP contribution in [0.4, 0.5) is 10.1 Å². The predicted molar refractivity (Wildman–Crippen MR) is 72.7 cm³/mol. The van der Waals surface area contributed by atoms with Crippen LogP contribution in [0.3, 0.4) is 0 Å². The van der Waals surface area contributed by atoms with E-state index in [-0.39, 0.29) is 0 Å². The quantitative estimate of drug-likeness (QED) is 0.681. The second-order valence-electron chi connectivity index (χ2n) is 4.53. The van der Waals surface area contributed by atoms with Crippen LogP contribution in [0, 0.1) is 19.7 Å². The van der Waals surface area contributed by atoms with Gasteiger partial charge in [-0.05, 0) is 38.1 Å². The van der Waals surface area contributed by atoms with E-state index >= 15 is 0 Å². The lowest BCUT2D eigenvalue weighted by molar-refractivity contribution is 0.611. The highest BCUT2D eigenvalue weighted by atomic mass is 19.1. The molecule has 0 saturated carbocycles. The second-order valence-corrected chi connectivity index (χ2v) is 4.53. The summed E-state index contributed by atoms with van der Waals surface area (Å²) in [6.07, 6.45) is 1.62. The predicted octanol–water partition coefficient (Wildman–Crippen LogP) is 2.76. The van der Waals surface area contributed by atoms with E-state index < -0.39 is 5.82 Å². The summed E-state index contributed by atoms with van der Waals surface area (Å²) in [5.41, 5.74) is 8.77. The van der Waals surface area contributed by atoms with Gasteiger partial charge in [0.2, 0.25) is 0 Å².